The number of anilines is 2. The molecule has 0 unspecified atom stereocenters. The molecule has 1 heterocycles. The van der Waals surface area contributed by atoms with Gasteiger partial charge >= 0.3 is 0 Å². The van der Waals surface area contributed by atoms with Gasteiger partial charge in [-0.3, -0.25) is 0 Å². The van der Waals surface area contributed by atoms with Crippen LogP contribution < -0.4 is 11.1 Å². The topological polar surface area (TPSA) is 60.2 Å². The first-order valence-corrected chi connectivity index (χ1v) is 5.08. The zero-order chi connectivity index (χ0) is 12.0. The van der Waals surface area contributed by atoms with Crippen molar-refractivity contribution in [3.05, 3.63) is 17.7 Å². The van der Waals surface area contributed by atoms with E-state index in [0.717, 1.165) is 0 Å². The number of aromatic nitrogens is 1. The van der Waals surface area contributed by atoms with Gasteiger partial charge in [-0.1, -0.05) is 0 Å². The summed E-state index contributed by atoms with van der Waals surface area (Å²) in [6.45, 7) is 3.63. The monoisotopic (exact) mass is 231 g/mol. The van der Waals surface area contributed by atoms with Crippen molar-refractivity contribution in [2.75, 3.05) is 30.8 Å². The lowest BCUT2D eigenvalue weighted by Gasteiger charge is -2.07. The Morgan fingerprint density at radius 1 is 1.44 bits per heavy atom. The van der Waals surface area contributed by atoms with Crippen LogP contribution in [0, 0.1) is 11.6 Å². The van der Waals surface area contributed by atoms with Crippen molar-refractivity contribution >= 4 is 11.6 Å². The van der Waals surface area contributed by atoms with Crippen molar-refractivity contribution in [3.8, 4) is 0 Å². The third-order valence-corrected chi connectivity index (χ3v) is 1.92. The van der Waals surface area contributed by atoms with Crippen LogP contribution in [0.1, 0.15) is 13.3 Å². The fraction of sp³-hybridized carbons (Fsp3) is 0.500. The first-order chi connectivity index (χ1) is 7.65. The molecule has 0 bridgehead atoms. The number of nitrogens with zero attached hydrogens (tertiary/aromatic N) is 1. The van der Waals surface area contributed by atoms with E-state index in [1.807, 2.05) is 6.92 Å². The maximum absolute atomic E-state index is 13.2. The van der Waals surface area contributed by atoms with Gasteiger partial charge in [0.05, 0.1) is 0 Å². The molecule has 1 aromatic rings. The van der Waals surface area contributed by atoms with E-state index in [1.165, 1.54) is 0 Å². The summed E-state index contributed by atoms with van der Waals surface area (Å²) < 4.78 is 31.0. The van der Waals surface area contributed by atoms with E-state index in [-0.39, 0.29) is 11.6 Å². The number of nitrogens with two attached hydrogens (primary N) is 1. The molecule has 0 saturated carbocycles. The minimum atomic E-state index is -0.850. The zero-order valence-corrected chi connectivity index (χ0v) is 9.09. The third kappa shape index (κ3) is 3.62. The highest BCUT2D eigenvalue weighted by Crippen LogP contribution is 2.16. The zero-order valence-electron chi connectivity index (χ0n) is 9.09. The average Bonchev–Trinajstić information content (AvgIpc) is 2.25. The van der Waals surface area contributed by atoms with Crippen LogP contribution in [0.4, 0.5) is 20.4 Å². The number of ether oxygens (including phenoxy) is 1. The summed E-state index contributed by atoms with van der Waals surface area (Å²) in [4.78, 5) is 3.57. The molecule has 4 nitrogen and oxygen atoms in total. The molecule has 0 atom stereocenters. The highest BCUT2D eigenvalue weighted by atomic mass is 19.1. The standard InChI is InChI=1S/C10H15F2N3O/c1-2-16-5-3-4-14-10-8(12)6-7(11)9(13)15-10/h6H,2-5H2,1H3,(H3,13,14,15). The van der Waals surface area contributed by atoms with E-state index < -0.39 is 11.6 Å². The Balaban J connectivity index is 2.45. The molecule has 6 heteroatoms. The van der Waals surface area contributed by atoms with E-state index in [2.05, 4.69) is 10.3 Å². The molecule has 0 fully saturated rings. The lowest BCUT2D eigenvalue weighted by molar-refractivity contribution is 0.147. The molecular formula is C10H15F2N3O. The second kappa shape index (κ2) is 6.22. The summed E-state index contributed by atoms with van der Waals surface area (Å²) in [5.74, 6) is -1.94. The molecule has 0 aliphatic carbocycles. The number of nitrogen functional groups attached to an aromatic ring is 1. The number of halogens is 2. The SMILES string of the molecule is CCOCCCNc1nc(N)c(F)cc1F. The molecule has 1 rings (SSSR count). The van der Waals surface area contributed by atoms with Crippen LogP contribution in [0.25, 0.3) is 0 Å². The molecule has 3 N–H and O–H groups in total. The predicted octanol–water partition coefficient (Wildman–Crippen LogP) is 1.78. The van der Waals surface area contributed by atoms with E-state index in [0.29, 0.717) is 32.2 Å². The van der Waals surface area contributed by atoms with Crippen LogP contribution in [0.5, 0.6) is 0 Å². The highest BCUT2D eigenvalue weighted by molar-refractivity contribution is 5.44. The number of nitrogens with one attached hydrogen (secondary N) is 1. The minimum Gasteiger partial charge on any atom is -0.382 e. The van der Waals surface area contributed by atoms with Crippen LogP contribution in [-0.4, -0.2) is 24.7 Å². The summed E-state index contributed by atoms with van der Waals surface area (Å²) in [6.07, 6.45) is 0.715. The van der Waals surface area contributed by atoms with Crippen LogP contribution >= 0.6 is 0 Å². The fourth-order valence-corrected chi connectivity index (χ4v) is 1.13. The first kappa shape index (κ1) is 12.6. The van der Waals surface area contributed by atoms with Crippen molar-refractivity contribution in [1.29, 1.82) is 0 Å². The molecule has 0 radical (unpaired) electrons. The van der Waals surface area contributed by atoms with Gasteiger partial charge in [0.1, 0.15) is 0 Å². The van der Waals surface area contributed by atoms with E-state index in [9.17, 15) is 8.78 Å². The van der Waals surface area contributed by atoms with Crippen molar-refractivity contribution in [1.82, 2.24) is 4.98 Å². The van der Waals surface area contributed by atoms with Gasteiger partial charge in [0.2, 0.25) is 0 Å². The highest BCUT2D eigenvalue weighted by Gasteiger charge is 2.08. The maximum Gasteiger partial charge on any atom is 0.168 e. The summed E-state index contributed by atoms with van der Waals surface area (Å²) >= 11 is 0. The molecule has 0 saturated heterocycles. The van der Waals surface area contributed by atoms with Crippen LogP contribution in [0.15, 0.2) is 6.07 Å². The predicted molar refractivity (Wildman–Crippen MR) is 58.2 cm³/mol. The normalized spacial score (nSPS) is 10.4. The molecule has 90 valence electrons. The van der Waals surface area contributed by atoms with Crippen LogP contribution in [-0.2, 0) is 4.74 Å². The Morgan fingerprint density at radius 2 is 2.19 bits per heavy atom. The summed E-state index contributed by atoms with van der Waals surface area (Å²) in [6, 6.07) is 0.715. The average molecular weight is 231 g/mol. The van der Waals surface area contributed by atoms with Gasteiger partial charge in [-0.05, 0) is 13.3 Å². The quantitative estimate of drug-likeness (QED) is 0.733. The summed E-state index contributed by atoms with van der Waals surface area (Å²) in [5.41, 5.74) is 5.22. The van der Waals surface area contributed by atoms with Gasteiger partial charge in [0.15, 0.2) is 23.3 Å². The number of hydrogen-bond acceptors (Lipinski definition) is 4. The second-order valence-electron chi connectivity index (χ2n) is 3.16. The largest absolute Gasteiger partial charge is 0.382 e. The van der Waals surface area contributed by atoms with Crippen molar-refractivity contribution in [2.24, 2.45) is 0 Å². The third-order valence-electron chi connectivity index (χ3n) is 1.92. The van der Waals surface area contributed by atoms with E-state index >= 15 is 0 Å². The molecule has 16 heavy (non-hydrogen) atoms. The minimum absolute atomic E-state index is 0.0320. The Bertz CT molecular complexity index is 347. The Labute approximate surface area is 92.8 Å². The summed E-state index contributed by atoms with van der Waals surface area (Å²) in [7, 11) is 0. The molecule has 1 aromatic heterocycles. The molecule has 0 aliphatic rings. The molecule has 0 aromatic carbocycles. The van der Waals surface area contributed by atoms with Gasteiger partial charge in [-0.25, -0.2) is 13.8 Å². The Kier molecular flexibility index (Phi) is 4.91. The number of pyridine rings is 1. The lowest BCUT2D eigenvalue weighted by atomic mass is 10.4. The summed E-state index contributed by atoms with van der Waals surface area (Å²) in [5, 5.41) is 2.73. The number of rotatable bonds is 6. The van der Waals surface area contributed by atoms with E-state index in [4.69, 9.17) is 10.5 Å². The van der Waals surface area contributed by atoms with Crippen molar-refractivity contribution in [3.63, 3.8) is 0 Å². The van der Waals surface area contributed by atoms with E-state index in [1.54, 1.807) is 0 Å². The fourth-order valence-electron chi connectivity index (χ4n) is 1.13. The second-order valence-corrected chi connectivity index (χ2v) is 3.16. The van der Waals surface area contributed by atoms with Gasteiger partial charge in [-0.2, -0.15) is 0 Å². The van der Waals surface area contributed by atoms with Gasteiger partial charge in [0, 0.05) is 25.8 Å². The van der Waals surface area contributed by atoms with Crippen LogP contribution in [0.3, 0.4) is 0 Å². The lowest BCUT2D eigenvalue weighted by Crippen LogP contribution is -2.10. The Hall–Kier alpha value is -1.43. The molecule has 0 amide bonds. The van der Waals surface area contributed by atoms with Crippen molar-refractivity contribution < 1.29 is 13.5 Å². The van der Waals surface area contributed by atoms with Gasteiger partial charge in [0.25, 0.3) is 0 Å². The van der Waals surface area contributed by atoms with Gasteiger partial charge < -0.3 is 15.8 Å². The molecule has 0 spiro atoms. The Morgan fingerprint density at radius 3 is 2.88 bits per heavy atom. The maximum atomic E-state index is 13.2. The molecule has 0 aliphatic heterocycles. The first-order valence-electron chi connectivity index (χ1n) is 5.08. The van der Waals surface area contributed by atoms with Crippen LogP contribution in [0.2, 0.25) is 0 Å². The molecular weight excluding hydrogens is 216 g/mol. The van der Waals surface area contributed by atoms with Gasteiger partial charge in [-0.15, -0.1) is 0 Å². The van der Waals surface area contributed by atoms with Crippen molar-refractivity contribution in [2.45, 2.75) is 13.3 Å². The number of hydrogen-bond donors (Lipinski definition) is 2. The smallest absolute Gasteiger partial charge is 0.168 e.